The summed E-state index contributed by atoms with van der Waals surface area (Å²) in [7, 11) is 0. The number of para-hydroxylation sites is 1. The number of anilines is 1. The lowest BCUT2D eigenvalue weighted by Gasteiger charge is -2.18. The summed E-state index contributed by atoms with van der Waals surface area (Å²) >= 11 is 0. The molecule has 0 saturated heterocycles. The van der Waals surface area contributed by atoms with Crippen molar-refractivity contribution in [2.24, 2.45) is 0 Å². The van der Waals surface area contributed by atoms with Crippen LogP contribution in [0.5, 0.6) is 0 Å². The molecule has 0 aromatic heterocycles. The molecule has 0 radical (unpaired) electrons. The van der Waals surface area contributed by atoms with Gasteiger partial charge in [0.1, 0.15) is 5.41 Å². The highest BCUT2D eigenvalue weighted by Crippen LogP contribution is 2.46. The van der Waals surface area contributed by atoms with E-state index in [0.29, 0.717) is 12.0 Å². The number of carbonyl (C=O) groups excluding carboxylic acids is 2. The highest BCUT2D eigenvalue weighted by molar-refractivity contribution is 6.28. The molecule has 92 valence electrons. The number of carbonyl (C=O) groups is 2. The Balaban J connectivity index is 1.99. The predicted molar refractivity (Wildman–Crippen MR) is 71.2 cm³/mol. The summed E-state index contributed by atoms with van der Waals surface area (Å²) in [6.07, 6.45) is 0.463. The van der Waals surface area contributed by atoms with E-state index >= 15 is 0 Å². The van der Waals surface area contributed by atoms with Crippen molar-refractivity contribution in [1.82, 2.24) is 0 Å². The van der Waals surface area contributed by atoms with Crippen LogP contribution in [0.3, 0.4) is 0 Å². The standard InChI is InChI=1S/C16H11NO2/c18-14-11-6-2-1-5-10(11)9-16(14)12-7-3-4-8-13(12)17-15(16)19/h1-8H,9H2,(H,17,19). The lowest BCUT2D eigenvalue weighted by molar-refractivity contribution is -0.119. The zero-order valence-corrected chi connectivity index (χ0v) is 10.1. The van der Waals surface area contributed by atoms with E-state index in [9.17, 15) is 9.59 Å². The van der Waals surface area contributed by atoms with Gasteiger partial charge in [0.2, 0.25) is 5.91 Å². The molecule has 1 unspecified atom stereocenters. The monoisotopic (exact) mass is 249 g/mol. The van der Waals surface area contributed by atoms with E-state index in [4.69, 9.17) is 0 Å². The summed E-state index contributed by atoms with van der Waals surface area (Å²) in [6.45, 7) is 0. The molecular weight excluding hydrogens is 238 g/mol. The van der Waals surface area contributed by atoms with E-state index in [0.717, 1.165) is 16.8 Å². The maximum Gasteiger partial charge on any atom is 0.243 e. The number of hydrogen-bond donors (Lipinski definition) is 1. The zero-order chi connectivity index (χ0) is 13.0. The quantitative estimate of drug-likeness (QED) is 0.728. The van der Waals surface area contributed by atoms with Gasteiger partial charge in [0, 0.05) is 11.3 Å². The van der Waals surface area contributed by atoms with Gasteiger partial charge in [-0.05, 0) is 23.6 Å². The van der Waals surface area contributed by atoms with Gasteiger partial charge in [-0.1, -0.05) is 42.5 Å². The maximum absolute atomic E-state index is 12.7. The average Bonchev–Trinajstić information content (AvgIpc) is 2.89. The third kappa shape index (κ3) is 1.12. The molecule has 2 aliphatic rings. The number of benzene rings is 2. The van der Waals surface area contributed by atoms with E-state index in [-0.39, 0.29) is 11.7 Å². The molecule has 1 N–H and O–H groups in total. The van der Waals surface area contributed by atoms with Crippen molar-refractivity contribution in [2.75, 3.05) is 5.32 Å². The molecule has 1 amide bonds. The molecule has 0 bridgehead atoms. The Morgan fingerprint density at radius 1 is 0.947 bits per heavy atom. The Kier molecular flexibility index (Phi) is 1.83. The number of rotatable bonds is 0. The summed E-state index contributed by atoms with van der Waals surface area (Å²) in [6, 6.07) is 14.9. The van der Waals surface area contributed by atoms with Crippen molar-refractivity contribution in [3.63, 3.8) is 0 Å². The van der Waals surface area contributed by atoms with Crippen LogP contribution in [-0.4, -0.2) is 11.7 Å². The van der Waals surface area contributed by atoms with Crippen LogP contribution in [0.1, 0.15) is 21.5 Å². The van der Waals surface area contributed by atoms with E-state index < -0.39 is 5.41 Å². The number of fused-ring (bicyclic) bond motifs is 3. The van der Waals surface area contributed by atoms with Gasteiger partial charge in [0.05, 0.1) is 0 Å². The van der Waals surface area contributed by atoms with Crippen LogP contribution in [0.2, 0.25) is 0 Å². The normalized spacial score (nSPS) is 23.4. The summed E-state index contributed by atoms with van der Waals surface area (Å²) < 4.78 is 0. The number of ketones is 1. The summed E-state index contributed by atoms with van der Waals surface area (Å²) in [5.41, 5.74) is 2.16. The summed E-state index contributed by atoms with van der Waals surface area (Å²) in [5.74, 6) is -0.277. The fourth-order valence-electron chi connectivity index (χ4n) is 3.21. The molecule has 1 aliphatic heterocycles. The first kappa shape index (κ1) is 10.5. The largest absolute Gasteiger partial charge is 0.325 e. The van der Waals surface area contributed by atoms with E-state index in [1.54, 1.807) is 6.07 Å². The van der Waals surface area contributed by atoms with Crippen molar-refractivity contribution < 1.29 is 9.59 Å². The van der Waals surface area contributed by atoms with Crippen molar-refractivity contribution in [2.45, 2.75) is 11.8 Å². The second-order valence-electron chi connectivity index (χ2n) is 5.07. The maximum atomic E-state index is 12.7. The third-order valence-corrected chi connectivity index (χ3v) is 4.13. The van der Waals surface area contributed by atoms with Crippen molar-refractivity contribution in [3.05, 3.63) is 65.2 Å². The highest BCUT2D eigenvalue weighted by atomic mass is 16.2. The molecule has 2 aromatic carbocycles. The Bertz CT molecular complexity index is 735. The molecule has 1 atom stereocenters. The second-order valence-corrected chi connectivity index (χ2v) is 5.07. The first-order valence-corrected chi connectivity index (χ1v) is 6.27. The SMILES string of the molecule is O=C1Nc2ccccc2C12Cc1ccccc1C2=O. The Labute approximate surface area is 110 Å². The van der Waals surface area contributed by atoms with Crippen LogP contribution >= 0.6 is 0 Å². The fourth-order valence-corrected chi connectivity index (χ4v) is 3.21. The van der Waals surface area contributed by atoms with Gasteiger partial charge >= 0.3 is 0 Å². The van der Waals surface area contributed by atoms with Gasteiger partial charge in [-0.15, -0.1) is 0 Å². The van der Waals surface area contributed by atoms with E-state index in [1.807, 2.05) is 42.5 Å². The minimum Gasteiger partial charge on any atom is -0.325 e. The molecule has 0 fully saturated rings. The van der Waals surface area contributed by atoms with Crippen LogP contribution in [0.4, 0.5) is 5.69 Å². The number of nitrogens with one attached hydrogen (secondary N) is 1. The number of hydrogen-bond acceptors (Lipinski definition) is 2. The van der Waals surface area contributed by atoms with Gasteiger partial charge in [-0.25, -0.2) is 0 Å². The molecule has 0 saturated carbocycles. The predicted octanol–water partition coefficient (Wildman–Crippen LogP) is 2.32. The van der Waals surface area contributed by atoms with Crippen molar-refractivity contribution in [1.29, 1.82) is 0 Å². The van der Waals surface area contributed by atoms with Gasteiger partial charge in [0.15, 0.2) is 5.78 Å². The van der Waals surface area contributed by atoms with Gasteiger partial charge in [0.25, 0.3) is 0 Å². The first-order chi connectivity index (χ1) is 9.23. The average molecular weight is 249 g/mol. The molecule has 1 aliphatic carbocycles. The van der Waals surface area contributed by atoms with Crippen LogP contribution in [0.15, 0.2) is 48.5 Å². The smallest absolute Gasteiger partial charge is 0.243 e. The topological polar surface area (TPSA) is 46.2 Å². The molecule has 19 heavy (non-hydrogen) atoms. The zero-order valence-electron chi connectivity index (χ0n) is 10.1. The summed E-state index contributed by atoms with van der Waals surface area (Å²) in [4.78, 5) is 25.1. The lowest BCUT2D eigenvalue weighted by atomic mass is 9.78. The molecular formula is C16H11NO2. The Morgan fingerprint density at radius 2 is 1.68 bits per heavy atom. The van der Waals surface area contributed by atoms with Crippen LogP contribution in [-0.2, 0) is 16.6 Å². The molecule has 1 heterocycles. The van der Waals surface area contributed by atoms with Crippen molar-refractivity contribution >= 4 is 17.4 Å². The Hall–Kier alpha value is -2.42. The lowest BCUT2D eigenvalue weighted by Crippen LogP contribution is -2.40. The fraction of sp³-hybridized carbons (Fsp3) is 0.125. The van der Waals surface area contributed by atoms with Gasteiger partial charge in [-0.2, -0.15) is 0 Å². The third-order valence-electron chi connectivity index (χ3n) is 4.13. The number of amides is 1. The van der Waals surface area contributed by atoms with E-state index in [2.05, 4.69) is 5.32 Å². The first-order valence-electron chi connectivity index (χ1n) is 6.27. The van der Waals surface area contributed by atoms with Crippen LogP contribution in [0, 0.1) is 0 Å². The molecule has 4 rings (SSSR count). The van der Waals surface area contributed by atoms with E-state index in [1.165, 1.54) is 0 Å². The minimum absolute atomic E-state index is 0.0782. The van der Waals surface area contributed by atoms with Crippen molar-refractivity contribution in [3.8, 4) is 0 Å². The van der Waals surface area contributed by atoms with Crippen LogP contribution < -0.4 is 5.32 Å². The van der Waals surface area contributed by atoms with Gasteiger partial charge < -0.3 is 5.32 Å². The molecule has 3 nitrogen and oxygen atoms in total. The molecule has 3 heteroatoms. The Morgan fingerprint density at radius 3 is 2.53 bits per heavy atom. The minimum atomic E-state index is -1.04. The summed E-state index contributed by atoms with van der Waals surface area (Å²) in [5, 5.41) is 2.84. The number of Topliss-reactive ketones (excluding diaryl/α,β-unsaturated/α-hetero) is 1. The second kappa shape index (κ2) is 3.32. The highest BCUT2D eigenvalue weighted by Gasteiger charge is 2.56. The van der Waals surface area contributed by atoms with Gasteiger partial charge in [-0.3, -0.25) is 9.59 Å². The van der Waals surface area contributed by atoms with Crippen LogP contribution in [0.25, 0.3) is 0 Å². The molecule has 1 spiro atoms. The molecule has 2 aromatic rings.